The minimum atomic E-state index is -0.0720. The van der Waals surface area contributed by atoms with E-state index in [-0.39, 0.29) is 5.91 Å². The minimum Gasteiger partial charge on any atom is -0.325 e. The molecule has 25 heavy (non-hydrogen) atoms. The van der Waals surface area contributed by atoms with Crippen LogP contribution in [0.3, 0.4) is 0 Å². The Morgan fingerprint density at radius 1 is 1.16 bits per heavy atom. The summed E-state index contributed by atoms with van der Waals surface area (Å²) in [5, 5.41) is 4.32. The van der Waals surface area contributed by atoms with Gasteiger partial charge in [0, 0.05) is 29.6 Å². The third kappa shape index (κ3) is 5.11. The van der Waals surface area contributed by atoms with Gasteiger partial charge < -0.3 is 9.88 Å². The number of rotatable bonds is 6. The first-order valence-electron chi connectivity index (χ1n) is 7.85. The Bertz CT molecular complexity index is 844. The van der Waals surface area contributed by atoms with Gasteiger partial charge in [0.15, 0.2) is 5.16 Å². The fourth-order valence-electron chi connectivity index (χ4n) is 2.31. The average Bonchev–Trinajstić information content (AvgIpc) is 3.04. The predicted octanol–water partition coefficient (Wildman–Crippen LogP) is 4.62. The number of nitrogens with one attached hydrogen (secondary N) is 1. The smallest absolute Gasteiger partial charge is 0.234 e. The number of hydrogen-bond donors (Lipinski definition) is 1. The summed E-state index contributed by atoms with van der Waals surface area (Å²) in [6.45, 7) is 2.81. The second kappa shape index (κ2) is 8.23. The Kier molecular flexibility index (Phi) is 5.79. The zero-order chi connectivity index (χ0) is 17.6. The van der Waals surface area contributed by atoms with Crippen molar-refractivity contribution in [1.29, 1.82) is 0 Å². The molecular weight excluding hydrogens is 354 g/mol. The minimum absolute atomic E-state index is 0.0720. The van der Waals surface area contributed by atoms with Crippen LogP contribution in [0.4, 0.5) is 5.69 Å². The van der Waals surface area contributed by atoms with Gasteiger partial charge in [0.05, 0.1) is 5.75 Å². The molecule has 0 aliphatic heterocycles. The Morgan fingerprint density at radius 3 is 2.60 bits per heavy atom. The van der Waals surface area contributed by atoms with Crippen molar-refractivity contribution in [3.05, 3.63) is 77.1 Å². The Labute approximate surface area is 156 Å². The van der Waals surface area contributed by atoms with Crippen LogP contribution in [0.15, 0.2) is 66.1 Å². The van der Waals surface area contributed by atoms with Crippen LogP contribution >= 0.6 is 23.4 Å². The lowest BCUT2D eigenvalue weighted by Crippen LogP contribution is -2.14. The summed E-state index contributed by atoms with van der Waals surface area (Å²) in [7, 11) is 0. The van der Waals surface area contributed by atoms with Gasteiger partial charge in [-0.1, -0.05) is 53.2 Å². The van der Waals surface area contributed by atoms with Gasteiger partial charge in [-0.25, -0.2) is 4.98 Å². The number of thioether (sulfide) groups is 1. The normalized spacial score (nSPS) is 10.6. The SMILES string of the molecule is Cc1ccc(Cn2ccnc2SCC(=O)Nc2ccc(Cl)cc2)cc1. The summed E-state index contributed by atoms with van der Waals surface area (Å²) in [6, 6.07) is 15.5. The zero-order valence-electron chi connectivity index (χ0n) is 13.8. The molecule has 1 N–H and O–H groups in total. The van der Waals surface area contributed by atoms with Crippen LogP contribution in [-0.2, 0) is 11.3 Å². The maximum Gasteiger partial charge on any atom is 0.234 e. The topological polar surface area (TPSA) is 46.9 Å². The molecule has 0 saturated heterocycles. The molecule has 0 aliphatic rings. The van der Waals surface area contributed by atoms with Crippen LogP contribution in [0.2, 0.25) is 5.02 Å². The monoisotopic (exact) mass is 371 g/mol. The molecule has 2 aromatic carbocycles. The number of carbonyl (C=O) groups is 1. The van der Waals surface area contributed by atoms with Crippen LogP contribution in [0.1, 0.15) is 11.1 Å². The van der Waals surface area contributed by atoms with Crippen molar-refractivity contribution in [2.24, 2.45) is 0 Å². The van der Waals surface area contributed by atoms with Crippen LogP contribution < -0.4 is 5.32 Å². The van der Waals surface area contributed by atoms with E-state index in [4.69, 9.17) is 11.6 Å². The summed E-state index contributed by atoms with van der Waals surface area (Å²) in [5.41, 5.74) is 3.18. The molecule has 6 heteroatoms. The Hall–Kier alpha value is -2.24. The number of nitrogens with zero attached hydrogens (tertiary/aromatic N) is 2. The lowest BCUT2D eigenvalue weighted by Gasteiger charge is -2.08. The largest absolute Gasteiger partial charge is 0.325 e. The summed E-state index contributed by atoms with van der Waals surface area (Å²) in [6.07, 6.45) is 3.69. The lowest BCUT2D eigenvalue weighted by atomic mass is 10.1. The third-order valence-corrected chi connectivity index (χ3v) is 4.87. The van der Waals surface area contributed by atoms with Crippen molar-refractivity contribution in [3.63, 3.8) is 0 Å². The number of hydrogen-bond acceptors (Lipinski definition) is 3. The molecule has 0 unspecified atom stereocenters. The molecule has 0 radical (unpaired) electrons. The molecule has 1 amide bonds. The quantitative estimate of drug-likeness (QED) is 0.643. The third-order valence-electron chi connectivity index (χ3n) is 3.61. The number of carbonyl (C=O) groups excluding carboxylic acids is 1. The number of imidazole rings is 1. The molecule has 0 atom stereocenters. The first-order chi connectivity index (χ1) is 12.1. The van der Waals surface area contributed by atoms with E-state index in [1.54, 1.807) is 30.5 Å². The van der Waals surface area contributed by atoms with E-state index in [0.717, 1.165) is 17.4 Å². The number of aromatic nitrogens is 2. The van der Waals surface area contributed by atoms with Crippen molar-refractivity contribution < 1.29 is 4.79 Å². The molecule has 0 saturated carbocycles. The van der Waals surface area contributed by atoms with Gasteiger partial charge in [0.25, 0.3) is 0 Å². The van der Waals surface area contributed by atoms with E-state index in [9.17, 15) is 4.79 Å². The number of benzene rings is 2. The van der Waals surface area contributed by atoms with E-state index in [1.807, 2.05) is 10.8 Å². The molecule has 0 bridgehead atoms. The van der Waals surface area contributed by atoms with Gasteiger partial charge in [-0.05, 0) is 36.8 Å². The summed E-state index contributed by atoms with van der Waals surface area (Å²) in [4.78, 5) is 16.4. The Morgan fingerprint density at radius 2 is 1.88 bits per heavy atom. The molecule has 0 fully saturated rings. The summed E-state index contributed by atoms with van der Waals surface area (Å²) < 4.78 is 2.05. The van der Waals surface area contributed by atoms with E-state index < -0.39 is 0 Å². The maximum atomic E-state index is 12.1. The summed E-state index contributed by atoms with van der Waals surface area (Å²) >= 11 is 7.26. The zero-order valence-corrected chi connectivity index (χ0v) is 15.3. The number of anilines is 1. The van der Waals surface area contributed by atoms with Gasteiger partial charge in [-0.15, -0.1) is 0 Å². The number of aryl methyl sites for hydroxylation is 1. The summed E-state index contributed by atoms with van der Waals surface area (Å²) in [5.74, 6) is 0.227. The first kappa shape index (κ1) is 17.6. The number of halogens is 1. The molecule has 1 heterocycles. The van der Waals surface area contributed by atoms with Gasteiger partial charge in [-0.3, -0.25) is 4.79 Å². The van der Waals surface area contributed by atoms with Crippen molar-refractivity contribution >= 4 is 35.0 Å². The van der Waals surface area contributed by atoms with Gasteiger partial charge in [-0.2, -0.15) is 0 Å². The highest BCUT2D eigenvalue weighted by Gasteiger charge is 2.09. The lowest BCUT2D eigenvalue weighted by molar-refractivity contribution is -0.113. The molecule has 0 spiro atoms. The van der Waals surface area contributed by atoms with E-state index >= 15 is 0 Å². The maximum absolute atomic E-state index is 12.1. The van der Waals surface area contributed by atoms with Crippen molar-refractivity contribution in [2.75, 3.05) is 11.1 Å². The molecular formula is C19H18ClN3OS. The first-order valence-corrected chi connectivity index (χ1v) is 9.21. The van der Waals surface area contributed by atoms with Crippen LogP contribution in [0.25, 0.3) is 0 Å². The van der Waals surface area contributed by atoms with Crippen molar-refractivity contribution in [3.8, 4) is 0 Å². The van der Waals surface area contributed by atoms with Gasteiger partial charge in [0.2, 0.25) is 5.91 Å². The Balaban J connectivity index is 1.56. The van der Waals surface area contributed by atoms with Crippen molar-refractivity contribution in [1.82, 2.24) is 9.55 Å². The highest BCUT2D eigenvalue weighted by molar-refractivity contribution is 7.99. The molecule has 3 rings (SSSR count). The van der Waals surface area contributed by atoms with Crippen LogP contribution in [0, 0.1) is 6.92 Å². The molecule has 3 aromatic rings. The van der Waals surface area contributed by atoms with E-state index in [2.05, 4.69) is 41.5 Å². The second-order valence-corrected chi connectivity index (χ2v) is 7.05. The van der Waals surface area contributed by atoms with E-state index in [1.165, 1.54) is 22.9 Å². The fourth-order valence-corrected chi connectivity index (χ4v) is 3.19. The van der Waals surface area contributed by atoms with Gasteiger partial charge in [0.1, 0.15) is 0 Å². The van der Waals surface area contributed by atoms with Gasteiger partial charge >= 0.3 is 0 Å². The molecule has 128 valence electrons. The van der Waals surface area contributed by atoms with Crippen LogP contribution in [0.5, 0.6) is 0 Å². The molecule has 4 nitrogen and oxygen atoms in total. The standard InChI is InChI=1S/C19H18ClN3OS/c1-14-2-4-15(5-3-14)12-23-11-10-21-19(23)25-13-18(24)22-17-8-6-16(20)7-9-17/h2-11H,12-13H2,1H3,(H,22,24). The van der Waals surface area contributed by atoms with Crippen molar-refractivity contribution in [2.45, 2.75) is 18.6 Å². The fraction of sp³-hybridized carbons (Fsp3) is 0.158. The second-order valence-electron chi connectivity index (χ2n) is 5.67. The highest BCUT2D eigenvalue weighted by Crippen LogP contribution is 2.19. The highest BCUT2D eigenvalue weighted by atomic mass is 35.5. The predicted molar refractivity (Wildman–Crippen MR) is 103 cm³/mol. The van der Waals surface area contributed by atoms with E-state index in [0.29, 0.717) is 10.8 Å². The average molecular weight is 372 g/mol. The van der Waals surface area contributed by atoms with Crippen LogP contribution in [-0.4, -0.2) is 21.2 Å². The number of amides is 1. The molecule has 0 aliphatic carbocycles. The molecule has 1 aromatic heterocycles.